The van der Waals surface area contributed by atoms with E-state index in [-0.39, 0.29) is 18.1 Å². The molecule has 104 valence electrons. The zero-order valence-electron chi connectivity index (χ0n) is 11.1. The second kappa shape index (κ2) is 5.21. The minimum Gasteiger partial charge on any atom is -0.461 e. The van der Waals surface area contributed by atoms with Crippen LogP contribution in [-0.4, -0.2) is 41.4 Å². The van der Waals surface area contributed by atoms with Crippen LogP contribution in [-0.2, 0) is 9.47 Å². The van der Waals surface area contributed by atoms with E-state index in [1.54, 1.807) is 13.1 Å². The highest BCUT2D eigenvalue weighted by Gasteiger charge is 2.32. The summed E-state index contributed by atoms with van der Waals surface area (Å²) in [4.78, 5) is 16.0. The lowest BCUT2D eigenvalue weighted by Gasteiger charge is -2.29. The predicted octanol–water partition coefficient (Wildman–Crippen LogP) is 1.60. The highest BCUT2D eigenvalue weighted by molar-refractivity contribution is 5.87. The fraction of sp³-hybridized carbons (Fsp3) is 0.692. The van der Waals surface area contributed by atoms with E-state index in [0.29, 0.717) is 12.3 Å². The molecule has 0 radical (unpaired) electrons. The molecule has 1 aromatic rings. The van der Waals surface area contributed by atoms with Gasteiger partial charge in [-0.05, 0) is 26.2 Å². The van der Waals surface area contributed by atoms with Crippen LogP contribution in [0.1, 0.15) is 42.7 Å². The summed E-state index contributed by atoms with van der Waals surface area (Å²) in [6, 6.07) is 0.273. The zero-order valence-corrected chi connectivity index (χ0v) is 11.1. The highest BCUT2D eigenvalue weighted by atomic mass is 16.5. The van der Waals surface area contributed by atoms with E-state index >= 15 is 0 Å². The number of ether oxygens (including phenoxy) is 2. The molecule has 0 amide bonds. The maximum atomic E-state index is 11.7. The molecular formula is C13H19N3O3. The van der Waals surface area contributed by atoms with Gasteiger partial charge in [-0.1, -0.05) is 0 Å². The number of imidazole rings is 1. The van der Waals surface area contributed by atoms with Crippen molar-refractivity contribution in [2.24, 2.45) is 0 Å². The number of fused-ring (bicyclic) bond motifs is 1. The van der Waals surface area contributed by atoms with Crippen LogP contribution in [0.5, 0.6) is 0 Å². The number of rotatable bonds is 3. The Morgan fingerprint density at radius 1 is 1.63 bits per heavy atom. The van der Waals surface area contributed by atoms with Crippen LogP contribution >= 0.6 is 0 Å². The van der Waals surface area contributed by atoms with E-state index in [1.807, 2.05) is 4.57 Å². The summed E-state index contributed by atoms with van der Waals surface area (Å²) in [5.74, 6) is 0.382. The van der Waals surface area contributed by atoms with Gasteiger partial charge in [0, 0.05) is 19.3 Å². The Kier molecular flexibility index (Phi) is 3.42. The van der Waals surface area contributed by atoms with Crippen LogP contribution in [0.3, 0.4) is 0 Å². The molecule has 0 saturated carbocycles. The summed E-state index contributed by atoms with van der Waals surface area (Å²) in [7, 11) is 0. The number of esters is 1. The Morgan fingerprint density at radius 2 is 2.53 bits per heavy atom. The molecule has 0 spiro atoms. The molecule has 0 bridgehead atoms. The van der Waals surface area contributed by atoms with Gasteiger partial charge >= 0.3 is 5.97 Å². The smallest absolute Gasteiger partial charge is 0.358 e. The molecule has 2 atom stereocenters. The predicted molar refractivity (Wildman–Crippen MR) is 69.3 cm³/mol. The first-order valence-corrected chi connectivity index (χ1v) is 6.91. The Balaban J connectivity index is 1.85. The number of carbonyl (C=O) groups is 1. The standard InChI is InChI=1S/C13H19N3O3/c1-2-18-12(17)9-8-16-10(11-4-3-7-19-11)5-6-14-13(16)15-9/h8,10-11H,2-7H2,1H3,(H,14,15). The number of nitrogens with zero attached hydrogens (tertiary/aromatic N) is 2. The number of hydrogen-bond donors (Lipinski definition) is 1. The molecule has 1 saturated heterocycles. The van der Waals surface area contributed by atoms with E-state index in [2.05, 4.69) is 10.3 Å². The molecule has 3 rings (SSSR count). The molecule has 6 heteroatoms. The molecule has 2 unspecified atom stereocenters. The Bertz CT molecular complexity index is 466. The third-order valence-corrected chi connectivity index (χ3v) is 3.69. The van der Waals surface area contributed by atoms with Gasteiger partial charge in [-0.2, -0.15) is 0 Å². The van der Waals surface area contributed by atoms with E-state index in [4.69, 9.17) is 9.47 Å². The van der Waals surface area contributed by atoms with Gasteiger partial charge < -0.3 is 19.4 Å². The minimum absolute atomic E-state index is 0.241. The first kappa shape index (κ1) is 12.5. The molecule has 0 aromatic carbocycles. The van der Waals surface area contributed by atoms with E-state index < -0.39 is 0 Å². The van der Waals surface area contributed by atoms with Gasteiger partial charge in [-0.15, -0.1) is 0 Å². The van der Waals surface area contributed by atoms with Crippen LogP contribution < -0.4 is 5.32 Å². The van der Waals surface area contributed by atoms with Crippen molar-refractivity contribution in [3.8, 4) is 0 Å². The van der Waals surface area contributed by atoms with E-state index in [9.17, 15) is 4.79 Å². The number of carbonyl (C=O) groups excluding carboxylic acids is 1. The molecule has 0 aliphatic carbocycles. The number of nitrogens with one attached hydrogen (secondary N) is 1. The van der Waals surface area contributed by atoms with Gasteiger partial charge in [-0.3, -0.25) is 0 Å². The van der Waals surface area contributed by atoms with Gasteiger partial charge in [0.1, 0.15) is 0 Å². The summed E-state index contributed by atoms with van der Waals surface area (Å²) in [6.07, 6.45) is 5.22. The molecule has 6 nitrogen and oxygen atoms in total. The number of anilines is 1. The lowest BCUT2D eigenvalue weighted by atomic mass is 10.0. The average Bonchev–Trinajstić information content (AvgIpc) is 3.07. The molecule has 19 heavy (non-hydrogen) atoms. The van der Waals surface area contributed by atoms with Gasteiger partial charge in [0.15, 0.2) is 5.69 Å². The van der Waals surface area contributed by atoms with Crippen LogP contribution in [0.15, 0.2) is 6.20 Å². The van der Waals surface area contributed by atoms with Crippen molar-refractivity contribution >= 4 is 11.9 Å². The molecular weight excluding hydrogens is 246 g/mol. The first-order valence-electron chi connectivity index (χ1n) is 6.91. The Hall–Kier alpha value is -1.56. The SMILES string of the molecule is CCOC(=O)c1cn2c(n1)NCCC2C1CCCO1. The Morgan fingerprint density at radius 3 is 3.26 bits per heavy atom. The quantitative estimate of drug-likeness (QED) is 0.841. The molecule has 2 aliphatic heterocycles. The summed E-state index contributed by atoms with van der Waals surface area (Å²) in [5, 5.41) is 3.22. The summed E-state index contributed by atoms with van der Waals surface area (Å²) < 4.78 is 12.8. The third-order valence-electron chi connectivity index (χ3n) is 3.69. The zero-order chi connectivity index (χ0) is 13.2. The van der Waals surface area contributed by atoms with Crippen LogP contribution in [0.2, 0.25) is 0 Å². The lowest BCUT2D eigenvalue weighted by Crippen LogP contribution is -2.30. The van der Waals surface area contributed by atoms with E-state index in [1.165, 1.54) is 0 Å². The normalized spacial score (nSPS) is 25.7. The maximum Gasteiger partial charge on any atom is 0.358 e. The second-order valence-corrected chi connectivity index (χ2v) is 4.91. The summed E-state index contributed by atoms with van der Waals surface area (Å²) in [5.41, 5.74) is 0.370. The fourth-order valence-electron chi connectivity index (χ4n) is 2.82. The second-order valence-electron chi connectivity index (χ2n) is 4.91. The minimum atomic E-state index is -0.364. The molecule has 1 fully saturated rings. The average molecular weight is 265 g/mol. The fourth-order valence-corrected chi connectivity index (χ4v) is 2.82. The first-order chi connectivity index (χ1) is 9.29. The highest BCUT2D eigenvalue weighted by Crippen LogP contribution is 2.32. The van der Waals surface area contributed by atoms with Crippen molar-refractivity contribution < 1.29 is 14.3 Å². The maximum absolute atomic E-state index is 11.7. The third kappa shape index (κ3) is 2.32. The van der Waals surface area contributed by atoms with Crippen molar-refractivity contribution in [2.75, 3.05) is 25.1 Å². The lowest BCUT2D eigenvalue weighted by molar-refractivity contribution is 0.0517. The molecule has 1 aromatic heterocycles. The molecule has 3 heterocycles. The summed E-state index contributed by atoms with van der Waals surface area (Å²) in [6.45, 7) is 3.86. The van der Waals surface area contributed by atoms with Gasteiger partial charge in [0.05, 0.1) is 18.8 Å². The molecule has 2 aliphatic rings. The number of aromatic nitrogens is 2. The van der Waals surface area contributed by atoms with E-state index in [0.717, 1.165) is 38.4 Å². The Labute approximate surface area is 112 Å². The monoisotopic (exact) mass is 265 g/mol. The van der Waals surface area contributed by atoms with Gasteiger partial charge in [0.25, 0.3) is 0 Å². The van der Waals surface area contributed by atoms with Crippen molar-refractivity contribution in [2.45, 2.75) is 38.3 Å². The van der Waals surface area contributed by atoms with Crippen LogP contribution in [0.4, 0.5) is 5.95 Å². The van der Waals surface area contributed by atoms with Crippen molar-refractivity contribution in [1.29, 1.82) is 0 Å². The topological polar surface area (TPSA) is 65.4 Å². The van der Waals surface area contributed by atoms with Gasteiger partial charge in [0.2, 0.25) is 5.95 Å². The number of hydrogen-bond acceptors (Lipinski definition) is 5. The van der Waals surface area contributed by atoms with Crippen molar-refractivity contribution in [3.63, 3.8) is 0 Å². The largest absolute Gasteiger partial charge is 0.461 e. The van der Waals surface area contributed by atoms with Crippen molar-refractivity contribution in [3.05, 3.63) is 11.9 Å². The van der Waals surface area contributed by atoms with Crippen molar-refractivity contribution in [1.82, 2.24) is 9.55 Å². The summed E-state index contributed by atoms with van der Waals surface area (Å²) >= 11 is 0. The van der Waals surface area contributed by atoms with Crippen LogP contribution in [0, 0.1) is 0 Å². The van der Waals surface area contributed by atoms with Crippen LogP contribution in [0.25, 0.3) is 0 Å². The van der Waals surface area contributed by atoms with Gasteiger partial charge in [-0.25, -0.2) is 9.78 Å². The molecule has 1 N–H and O–H groups in total.